The van der Waals surface area contributed by atoms with E-state index in [-0.39, 0.29) is 72.0 Å². The van der Waals surface area contributed by atoms with Crippen LogP contribution >= 0.6 is 0 Å². The molecule has 212 valence electrons. The van der Waals surface area contributed by atoms with Crippen molar-refractivity contribution in [2.75, 3.05) is 13.1 Å². The van der Waals surface area contributed by atoms with Gasteiger partial charge in [0.1, 0.15) is 0 Å². The number of carbonyl (C=O) groups is 2. The Hall–Kier alpha value is 0.280. The van der Waals surface area contributed by atoms with Gasteiger partial charge in [-0.05, 0) is 12.8 Å². The van der Waals surface area contributed by atoms with Crippen molar-refractivity contribution < 1.29 is 78.9 Å². The van der Waals surface area contributed by atoms with E-state index in [4.69, 9.17) is 0 Å². The van der Waals surface area contributed by atoms with Gasteiger partial charge in [-0.2, -0.15) is 0 Å². The number of hydrogen-bond acceptors (Lipinski definition) is 6. The van der Waals surface area contributed by atoms with E-state index < -0.39 is 11.9 Å². The van der Waals surface area contributed by atoms with Crippen LogP contribution in [0.1, 0.15) is 155 Å². The maximum Gasteiger partial charge on any atom is 1.00 e. The Labute approximate surface area is 279 Å². The molecule has 0 aliphatic rings. The number of carboxylic acids is 2. The van der Waals surface area contributed by atoms with Crippen molar-refractivity contribution in [3.63, 3.8) is 0 Å². The van der Waals surface area contributed by atoms with Crippen molar-refractivity contribution in [1.29, 1.82) is 0 Å². The van der Waals surface area contributed by atoms with Crippen LogP contribution in [-0.2, 0) is 9.59 Å². The summed E-state index contributed by atoms with van der Waals surface area (Å²) in [6.45, 7) is 6.00. The Balaban J connectivity index is -0.000000289. The predicted molar refractivity (Wildman–Crippen MR) is 150 cm³/mol. The fraction of sp³-hybridized carbons (Fsp3) is 0.867. The average molecular weight is 555 g/mol. The molecule has 0 aromatic rings. The number of carbonyl (C=O) groups excluding carboxylic acids is 2. The summed E-state index contributed by atoms with van der Waals surface area (Å²) in [6, 6.07) is 0. The van der Waals surface area contributed by atoms with Gasteiger partial charge in [-0.3, -0.25) is 9.98 Å². The van der Waals surface area contributed by atoms with Gasteiger partial charge in [-0.1, -0.05) is 129 Å². The molecular formula is C30H56N2Na2O4. The number of carboxylic acid groups (broad SMARTS) is 2. The SMILES string of the molecule is CCCCCCCCCCCCN=CCC(=O)[O-].CCCCCCCCCCCCN=CCC(=O)[O-].[Na+].[Na+]. The molecule has 8 heteroatoms. The molecule has 0 heterocycles. The van der Waals surface area contributed by atoms with Gasteiger partial charge >= 0.3 is 59.1 Å². The summed E-state index contributed by atoms with van der Waals surface area (Å²) < 4.78 is 0. The maximum absolute atomic E-state index is 10.1. The number of aliphatic carboxylic acids is 2. The predicted octanol–water partition coefficient (Wildman–Crippen LogP) is 0.244. The monoisotopic (exact) mass is 554 g/mol. The Kier molecular flexibility index (Phi) is 49.7. The summed E-state index contributed by atoms with van der Waals surface area (Å²) in [7, 11) is 0. The standard InChI is InChI=1S/2C15H29NO2.2Na/c2*1-2-3-4-5-6-7-8-9-10-11-13-16-14-12-15(17)18;;/h2*14H,2-13H2,1H3,(H,17,18);;/q;;2*+1/p-2. The molecule has 0 radical (unpaired) electrons. The van der Waals surface area contributed by atoms with Gasteiger partial charge < -0.3 is 19.8 Å². The minimum Gasteiger partial charge on any atom is -0.550 e. The van der Waals surface area contributed by atoms with Crippen molar-refractivity contribution in [2.24, 2.45) is 9.98 Å². The van der Waals surface area contributed by atoms with Gasteiger partial charge in [0.15, 0.2) is 0 Å². The van der Waals surface area contributed by atoms with Crippen molar-refractivity contribution in [3.8, 4) is 0 Å². The first-order valence-corrected chi connectivity index (χ1v) is 14.9. The number of hydrogen-bond donors (Lipinski definition) is 0. The number of unbranched alkanes of at least 4 members (excludes halogenated alkanes) is 18. The van der Waals surface area contributed by atoms with Crippen LogP contribution in [0, 0.1) is 0 Å². The Morgan fingerprint density at radius 3 is 0.947 bits per heavy atom. The van der Waals surface area contributed by atoms with Crippen LogP contribution in [0.4, 0.5) is 0 Å². The normalized spacial score (nSPS) is 10.6. The van der Waals surface area contributed by atoms with Crippen LogP contribution < -0.4 is 69.3 Å². The second-order valence-electron chi connectivity index (χ2n) is 9.69. The Morgan fingerprint density at radius 1 is 0.474 bits per heavy atom. The van der Waals surface area contributed by atoms with Crippen LogP contribution in [0.15, 0.2) is 9.98 Å². The Morgan fingerprint density at radius 2 is 0.711 bits per heavy atom. The third-order valence-corrected chi connectivity index (χ3v) is 6.06. The minimum absolute atomic E-state index is 0. The third kappa shape index (κ3) is 49.3. The fourth-order valence-corrected chi connectivity index (χ4v) is 3.84. The summed E-state index contributed by atoms with van der Waals surface area (Å²) >= 11 is 0. The molecule has 0 saturated carbocycles. The zero-order valence-electron chi connectivity index (χ0n) is 25.7. The molecule has 0 fully saturated rings. The first-order chi connectivity index (χ1) is 17.5. The molecule has 0 bridgehead atoms. The zero-order chi connectivity index (χ0) is 27.0. The van der Waals surface area contributed by atoms with Crippen molar-refractivity contribution in [3.05, 3.63) is 0 Å². The van der Waals surface area contributed by atoms with Crippen LogP contribution in [0.25, 0.3) is 0 Å². The molecular weight excluding hydrogens is 498 g/mol. The summed E-state index contributed by atoms with van der Waals surface area (Å²) in [5.74, 6) is -2.11. The van der Waals surface area contributed by atoms with Crippen LogP contribution in [0.2, 0.25) is 0 Å². The topological polar surface area (TPSA) is 105 Å². The van der Waals surface area contributed by atoms with Gasteiger partial charge in [0, 0.05) is 50.3 Å². The third-order valence-electron chi connectivity index (χ3n) is 6.06. The van der Waals surface area contributed by atoms with Gasteiger partial charge in [0.2, 0.25) is 0 Å². The Bertz CT molecular complexity index is 486. The van der Waals surface area contributed by atoms with Gasteiger partial charge in [-0.25, -0.2) is 0 Å². The van der Waals surface area contributed by atoms with E-state index in [1.54, 1.807) is 0 Å². The summed E-state index contributed by atoms with van der Waals surface area (Å²) in [6.07, 6.45) is 29.0. The van der Waals surface area contributed by atoms with Crippen LogP contribution in [0.5, 0.6) is 0 Å². The molecule has 0 spiro atoms. The molecule has 6 nitrogen and oxygen atoms in total. The maximum atomic E-state index is 10.1. The first kappa shape index (κ1) is 45.3. The van der Waals surface area contributed by atoms with Crippen LogP contribution in [0.3, 0.4) is 0 Å². The van der Waals surface area contributed by atoms with Gasteiger partial charge in [-0.15, -0.1) is 0 Å². The van der Waals surface area contributed by atoms with Gasteiger partial charge in [0.25, 0.3) is 0 Å². The molecule has 0 aliphatic heterocycles. The molecule has 0 saturated heterocycles. The molecule has 0 aromatic heterocycles. The molecule has 0 unspecified atom stereocenters. The minimum atomic E-state index is -1.05. The fourth-order valence-electron chi connectivity index (χ4n) is 3.84. The molecule has 0 aromatic carbocycles. The van der Waals surface area contributed by atoms with Crippen molar-refractivity contribution >= 4 is 24.4 Å². The summed E-state index contributed by atoms with van der Waals surface area (Å²) in [4.78, 5) is 28.3. The largest absolute Gasteiger partial charge is 1.00 e. The molecule has 0 amide bonds. The summed E-state index contributed by atoms with van der Waals surface area (Å²) in [5.41, 5.74) is 0. The van der Waals surface area contributed by atoms with E-state index in [0.717, 1.165) is 25.9 Å². The molecule has 0 aliphatic carbocycles. The van der Waals surface area contributed by atoms with E-state index >= 15 is 0 Å². The van der Waals surface area contributed by atoms with E-state index in [1.165, 1.54) is 128 Å². The van der Waals surface area contributed by atoms with E-state index in [9.17, 15) is 19.8 Å². The molecule has 0 N–H and O–H groups in total. The van der Waals surface area contributed by atoms with Crippen molar-refractivity contribution in [1.82, 2.24) is 0 Å². The van der Waals surface area contributed by atoms with Crippen molar-refractivity contribution in [2.45, 2.75) is 155 Å². The molecule has 0 atom stereocenters. The van der Waals surface area contributed by atoms with Crippen LogP contribution in [-0.4, -0.2) is 37.5 Å². The second-order valence-corrected chi connectivity index (χ2v) is 9.69. The van der Waals surface area contributed by atoms with E-state index in [1.807, 2.05) is 0 Å². The second kappa shape index (κ2) is 41.8. The smallest absolute Gasteiger partial charge is 0.550 e. The van der Waals surface area contributed by atoms with E-state index in [0.29, 0.717) is 0 Å². The van der Waals surface area contributed by atoms with E-state index in [2.05, 4.69) is 23.8 Å². The quantitative estimate of drug-likeness (QED) is 0.0868. The molecule has 38 heavy (non-hydrogen) atoms. The van der Waals surface area contributed by atoms with Gasteiger partial charge in [0.05, 0.1) is 0 Å². The number of rotatable bonds is 26. The number of nitrogens with zero attached hydrogens (tertiary/aromatic N) is 2. The average Bonchev–Trinajstić information content (AvgIpc) is 2.85. The first-order valence-electron chi connectivity index (χ1n) is 14.9. The summed E-state index contributed by atoms with van der Waals surface area (Å²) in [5, 5.41) is 20.2. The zero-order valence-corrected chi connectivity index (χ0v) is 29.7. The molecule has 0 rings (SSSR count). The number of aliphatic imine (C=N–C) groups is 2.